The standard InChI is InChI=1S/C27H47NO3/c1-16(2)7-6-8-17(3)19-9-10-20-23-21(12-14-26(19,20)4)27(5)13-11-18(29)15-22(27)24(28-31)25(23)30/h16-23,25,29-31H,6-15H2,1-5H3/b28-24-/t17-,18+,19-,20+,21+,22-,23+,25-,26-,27-/m1/s1. The molecule has 10 atom stereocenters. The van der Waals surface area contributed by atoms with Crippen LogP contribution in [0.2, 0.25) is 0 Å². The Morgan fingerprint density at radius 3 is 2.29 bits per heavy atom. The highest BCUT2D eigenvalue weighted by Crippen LogP contribution is 2.68. The lowest BCUT2D eigenvalue weighted by Crippen LogP contribution is -2.62. The van der Waals surface area contributed by atoms with Crippen LogP contribution in [0.3, 0.4) is 0 Å². The molecule has 0 aromatic rings. The molecule has 4 rings (SSSR count). The minimum atomic E-state index is -0.655. The maximum atomic E-state index is 11.5. The summed E-state index contributed by atoms with van der Waals surface area (Å²) < 4.78 is 0. The number of aliphatic hydroxyl groups is 2. The molecule has 178 valence electrons. The Morgan fingerprint density at radius 1 is 0.935 bits per heavy atom. The number of fused-ring (bicyclic) bond motifs is 5. The average molecular weight is 434 g/mol. The summed E-state index contributed by atoms with van der Waals surface area (Å²) in [4.78, 5) is 0. The first-order valence-corrected chi connectivity index (χ1v) is 13.2. The van der Waals surface area contributed by atoms with Crippen molar-refractivity contribution in [2.45, 2.75) is 111 Å². The number of aliphatic hydroxyl groups excluding tert-OH is 2. The van der Waals surface area contributed by atoms with E-state index in [2.05, 4.69) is 39.8 Å². The average Bonchev–Trinajstić information content (AvgIpc) is 3.06. The van der Waals surface area contributed by atoms with Gasteiger partial charge in [-0.25, -0.2) is 0 Å². The van der Waals surface area contributed by atoms with Crippen molar-refractivity contribution in [2.24, 2.45) is 57.4 Å². The summed E-state index contributed by atoms with van der Waals surface area (Å²) >= 11 is 0. The van der Waals surface area contributed by atoms with Crippen molar-refractivity contribution in [3.8, 4) is 0 Å². The van der Waals surface area contributed by atoms with Gasteiger partial charge in [0.25, 0.3) is 0 Å². The van der Waals surface area contributed by atoms with Gasteiger partial charge in [0, 0.05) is 5.92 Å². The number of hydrogen-bond donors (Lipinski definition) is 3. The lowest BCUT2D eigenvalue weighted by Gasteiger charge is -2.62. The maximum absolute atomic E-state index is 11.5. The number of oxime groups is 1. The Balaban J connectivity index is 1.58. The van der Waals surface area contributed by atoms with Gasteiger partial charge in [0.15, 0.2) is 0 Å². The number of nitrogens with zero attached hydrogens (tertiary/aromatic N) is 1. The van der Waals surface area contributed by atoms with Crippen LogP contribution in [0, 0.1) is 52.3 Å². The Labute approximate surface area is 189 Å². The largest absolute Gasteiger partial charge is 0.411 e. The van der Waals surface area contributed by atoms with E-state index < -0.39 is 6.10 Å². The molecule has 4 aliphatic carbocycles. The van der Waals surface area contributed by atoms with Crippen LogP contribution < -0.4 is 0 Å². The van der Waals surface area contributed by atoms with Crippen molar-refractivity contribution in [2.75, 3.05) is 0 Å². The fourth-order valence-corrected chi connectivity index (χ4v) is 9.17. The molecule has 4 nitrogen and oxygen atoms in total. The van der Waals surface area contributed by atoms with E-state index in [4.69, 9.17) is 0 Å². The van der Waals surface area contributed by atoms with E-state index in [1.807, 2.05) is 0 Å². The molecule has 0 bridgehead atoms. The molecule has 31 heavy (non-hydrogen) atoms. The van der Waals surface area contributed by atoms with Crippen LogP contribution in [0.25, 0.3) is 0 Å². The lowest BCUT2D eigenvalue weighted by molar-refractivity contribution is -0.127. The Hall–Kier alpha value is -0.610. The molecule has 0 aromatic heterocycles. The summed E-state index contributed by atoms with van der Waals surface area (Å²) in [5.74, 6) is 3.46. The van der Waals surface area contributed by atoms with E-state index >= 15 is 0 Å². The van der Waals surface area contributed by atoms with E-state index in [0.29, 0.717) is 24.0 Å². The highest BCUT2D eigenvalue weighted by atomic mass is 16.4. The van der Waals surface area contributed by atoms with E-state index in [9.17, 15) is 15.4 Å². The Bertz CT molecular complexity index is 677. The summed E-state index contributed by atoms with van der Waals surface area (Å²) in [5, 5.41) is 35.5. The smallest absolute Gasteiger partial charge is 0.0991 e. The van der Waals surface area contributed by atoms with Crippen LogP contribution in [0.15, 0.2) is 5.16 Å². The summed E-state index contributed by atoms with van der Waals surface area (Å²) in [6, 6.07) is 0. The topological polar surface area (TPSA) is 73.1 Å². The zero-order valence-corrected chi connectivity index (χ0v) is 20.6. The molecule has 4 saturated carbocycles. The van der Waals surface area contributed by atoms with Crippen LogP contribution in [0.1, 0.15) is 98.8 Å². The fraction of sp³-hybridized carbons (Fsp3) is 0.963. The van der Waals surface area contributed by atoms with Gasteiger partial charge in [0.2, 0.25) is 0 Å². The predicted octanol–water partition coefficient (Wildman–Crippen LogP) is 5.88. The molecule has 0 saturated heterocycles. The number of hydrogen-bond acceptors (Lipinski definition) is 4. The molecule has 4 fully saturated rings. The van der Waals surface area contributed by atoms with Gasteiger partial charge in [0.05, 0.1) is 17.9 Å². The van der Waals surface area contributed by atoms with Crippen molar-refractivity contribution in [1.82, 2.24) is 0 Å². The Kier molecular flexibility index (Phi) is 6.55. The molecule has 0 heterocycles. The van der Waals surface area contributed by atoms with Crippen LogP contribution in [0.5, 0.6) is 0 Å². The minimum Gasteiger partial charge on any atom is -0.411 e. The van der Waals surface area contributed by atoms with Gasteiger partial charge >= 0.3 is 0 Å². The van der Waals surface area contributed by atoms with E-state index in [-0.39, 0.29) is 28.8 Å². The van der Waals surface area contributed by atoms with E-state index in [1.165, 1.54) is 44.9 Å². The first-order valence-electron chi connectivity index (χ1n) is 13.2. The summed E-state index contributed by atoms with van der Waals surface area (Å²) in [6.07, 6.45) is 10.3. The normalized spacial score (nSPS) is 49.5. The van der Waals surface area contributed by atoms with Gasteiger partial charge in [-0.3, -0.25) is 0 Å². The molecule has 0 aliphatic heterocycles. The van der Waals surface area contributed by atoms with Crippen molar-refractivity contribution >= 4 is 5.71 Å². The van der Waals surface area contributed by atoms with E-state index in [1.54, 1.807) is 0 Å². The fourth-order valence-electron chi connectivity index (χ4n) is 9.17. The third-order valence-electron chi connectivity index (χ3n) is 10.8. The first kappa shape index (κ1) is 23.5. The minimum absolute atomic E-state index is 0.00835. The van der Waals surface area contributed by atoms with E-state index in [0.717, 1.165) is 30.6 Å². The second-order valence-corrected chi connectivity index (χ2v) is 12.8. The quantitative estimate of drug-likeness (QED) is 0.374. The molecular formula is C27H47NO3. The SMILES string of the molecule is CC(C)CCC[C@@H](C)[C@H]1CC[C@H]2[C@@H]3[C@@H](O)/C(=N\O)[C@H]4C[C@@H](O)CC[C@]4(C)[C@H]3CC[C@]12C. The summed E-state index contributed by atoms with van der Waals surface area (Å²) in [5.41, 5.74) is 0.893. The highest BCUT2D eigenvalue weighted by molar-refractivity contribution is 5.92. The van der Waals surface area contributed by atoms with Gasteiger partial charge in [-0.15, -0.1) is 0 Å². The van der Waals surface area contributed by atoms with Crippen molar-refractivity contribution in [3.05, 3.63) is 0 Å². The zero-order chi connectivity index (χ0) is 22.6. The molecule has 0 spiro atoms. The zero-order valence-electron chi connectivity index (χ0n) is 20.6. The Morgan fingerprint density at radius 2 is 1.61 bits per heavy atom. The van der Waals surface area contributed by atoms with Gasteiger partial charge in [-0.2, -0.15) is 0 Å². The van der Waals surface area contributed by atoms with Crippen LogP contribution in [-0.4, -0.2) is 33.3 Å². The van der Waals surface area contributed by atoms with Crippen LogP contribution >= 0.6 is 0 Å². The van der Waals surface area contributed by atoms with Crippen molar-refractivity contribution < 1.29 is 15.4 Å². The molecule has 0 unspecified atom stereocenters. The molecule has 4 aliphatic rings. The molecule has 0 amide bonds. The molecule has 4 heteroatoms. The third kappa shape index (κ3) is 3.78. The second kappa shape index (κ2) is 8.63. The molecule has 0 aromatic carbocycles. The molecule has 3 N–H and O–H groups in total. The highest BCUT2D eigenvalue weighted by Gasteiger charge is 2.64. The first-order chi connectivity index (χ1) is 14.6. The monoisotopic (exact) mass is 433 g/mol. The summed E-state index contributed by atoms with van der Waals surface area (Å²) in [7, 11) is 0. The lowest BCUT2D eigenvalue weighted by atomic mass is 9.43. The van der Waals surface area contributed by atoms with Gasteiger partial charge in [-0.1, -0.05) is 59.0 Å². The van der Waals surface area contributed by atoms with Gasteiger partial charge in [-0.05, 0) is 91.3 Å². The third-order valence-corrected chi connectivity index (χ3v) is 10.8. The van der Waals surface area contributed by atoms with Crippen molar-refractivity contribution in [1.29, 1.82) is 0 Å². The maximum Gasteiger partial charge on any atom is 0.0991 e. The molecular weight excluding hydrogens is 386 g/mol. The molecule has 0 radical (unpaired) electrons. The van der Waals surface area contributed by atoms with Crippen LogP contribution in [0.4, 0.5) is 0 Å². The van der Waals surface area contributed by atoms with Crippen molar-refractivity contribution in [3.63, 3.8) is 0 Å². The summed E-state index contributed by atoms with van der Waals surface area (Å²) in [6.45, 7) is 12.0. The van der Waals surface area contributed by atoms with Gasteiger partial charge < -0.3 is 15.4 Å². The van der Waals surface area contributed by atoms with Gasteiger partial charge in [0.1, 0.15) is 0 Å². The van der Waals surface area contributed by atoms with Crippen LogP contribution in [-0.2, 0) is 0 Å². The second-order valence-electron chi connectivity index (χ2n) is 12.8. The number of rotatable bonds is 5. The predicted molar refractivity (Wildman–Crippen MR) is 125 cm³/mol.